The summed E-state index contributed by atoms with van der Waals surface area (Å²) in [5, 5.41) is 4.11. The molecular weight excluding hydrogens is 572 g/mol. The number of nitrogens with two attached hydrogens (primary N) is 1. The van der Waals surface area contributed by atoms with Crippen LogP contribution in [0.5, 0.6) is 0 Å². The molecule has 0 unspecified atom stereocenters. The van der Waals surface area contributed by atoms with Crippen molar-refractivity contribution in [1.82, 2.24) is 15.2 Å². The van der Waals surface area contributed by atoms with E-state index in [0.717, 1.165) is 0 Å². The van der Waals surface area contributed by atoms with Crippen LogP contribution in [0.15, 0.2) is 22.7 Å². The fraction of sp³-hybridized carbons (Fsp3) is 0.556. The Morgan fingerprint density at radius 3 is 2.29 bits per heavy atom. The van der Waals surface area contributed by atoms with Crippen LogP contribution in [-0.4, -0.2) is 70.2 Å². The Balaban J connectivity index is 1.80. The van der Waals surface area contributed by atoms with E-state index in [1.165, 1.54) is 28.0 Å². The Morgan fingerprint density at radius 2 is 1.73 bits per heavy atom. The number of esters is 3. The Hall–Kier alpha value is -3.39. The molecule has 0 radical (unpaired) electrons. The van der Waals surface area contributed by atoms with Crippen LogP contribution in [0.3, 0.4) is 0 Å². The van der Waals surface area contributed by atoms with Crippen molar-refractivity contribution in [2.75, 3.05) is 24.9 Å². The van der Waals surface area contributed by atoms with Gasteiger partial charge in [-0.2, -0.15) is 0 Å². The third kappa shape index (κ3) is 7.47. The maximum absolute atomic E-state index is 13.3. The number of carbonyl (C=O) groups is 5. The molecule has 2 atom stereocenters. The molecule has 3 heterocycles. The number of hydrogen-bond acceptors (Lipinski definition) is 12. The highest BCUT2D eigenvalue weighted by Gasteiger charge is 2.54. The number of ether oxygens (including phenoxy) is 3. The van der Waals surface area contributed by atoms with Crippen molar-refractivity contribution >= 4 is 63.5 Å². The van der Waals surface area contributed by atoms with E-state index in [1.54, 1.807) is 53.0 Å². The topological polar surface area (TPSA) is 167 Å². The quantitative estimate of drug-likeness (QED) is 0.183. The van der Waals surface area contributed by atoms with Crippen LogP contribution in [0.25, 0.3) is 5.57 Å². The molecule has 2 aliphatic heterocycles. The van der Waals surface area contributed by atoms with E-state index < -0.39 is 58.8 Å². The van der Waals surface area contributed by atoms with Crippen molar-refractivity contribution in [3.8, 4) is 0 Å². The highest BCUT2D eigenvalue weighted by molar-refractivity contribution is 8.00. The zero-order valence-electron chi connectivity index (χ0n) is 24.2. The number of fused-ring (bicyclic) bond motifs is 1. The smallest absolute Gasteiger partial charge is 0.358 e. The standard InChI is InChI=1S/C27H36N4O8S2/c1-8-9-15(16-12-41-25(28)29-16)19(32)30-17-20(33)31-18(22(34)38-13-39-24(36)27(5,6)7)14(11-40-21(17)31)10-37-23(35)26(2,3)4/h9,12,17,21H,8,10-11,13H2,1-7H3,(H2,28,29)(H,30,32)/b15-9-/t17-,21-/m1/s1. The molecule has 1 saturated heterocycles. The second kappa shape index (κ2) is 12.6. The number of rotatable bonds is 9. The maximum atomic E-state index is 13.3. The zero-order valence-corrected chi connectivity index (χ0v) is 25.8. The minimum Gasteiger partial charge on any atom is -0.461 e. The van der Waals surface area contributed by atoms with Crippen LogP contribution in [-0.2, 0) is 38.2 Å². The summed E-state index contributed by atoms with van der Waals surface area (Å²) in [6.45, 7) is 11.0. The second-order valence-electron chi connectivity index (χ2n) is 11.5. The van der Waals surface area contributed by atoms with Crippen LogP contribution in [0.2, 0.25) is 0 Å². The highest BCUT2D eigenvalue weighted by Crippen LogP contribution is 2.41. The summed E-state index contributed by atoms with van der Waals surface area (Å²) in [6.07, 6.45) is 2.25. The minimum absolute atomic E-state index is 0.102. The number of β-lactam (4-membered cyclic amide) rings is 1. The molecule has 14 heteroatoms. The minimum atomic E-state index is -0.927. The molecule has 0 aliphatic carbocycles. The normalized spacial score (nSPS) is 19.2. The van der Waals surface area contributed by atoms with Crippen molar-refractivity contribution in [2.24, 2.45) is 10.8 Å². The predicted molar refractivity (Wildman–Crippen MR) is 154 cm³/mol. The van der Waals surface area contributed by atoms with Gasteiger partial charge in [0.15, 0.2) is 5.13 Å². The number of nitrogens with one attached hydrogen (secondary N) is 1. The summed E-state index contributed by atoms with van der Waals surface area (Å²) in [5.41, 5.74) is 5.10. The molecule has 0 spiro atoms. The summed E-state index contributed by atoms with van der Waals surface area (Å²) in [4.78, 5) is 69.6. The van der Waals surface area contributed by atoms with Crippen LogP contribution in [0.1, 0.15) is 60.6 Å². The first-order valence-corrected chi connectivity index (χ1v) is 14.9. The number of aromatic nitrogens is 1. The molecule has 0 saturated carbocycles. The van der Waals surface area contributed by atoms with Crippen LogP contribution >= 0.6 is 23.1 Å². The lowest BCUT2D eigenvalue weighted by Crippen LogP contribution is -2.70. The van der Waals surface area contributed by atoms with Gasteiger partial charge in [0.2, 0.25) is 6.79 Å². The molecule has 3 N–H and O–H groups in total. The van der Waals surface area contributed by atoms with Crippen LogP contribution < -0.4 is 11.1 Å². The fourth-order valence-electron chi connectivity index (χ4n) is 3.72. The Morgan fingerprint density at radius 1 is 1.10 bits per heavy atom. The highest BCUT2D eigenvalue weighted by atomic mass is 32.2. The second-order valence-corrected chi connectivity index (χ2v) is 13.5. The van der Waals surface area contributed by atoms with Gasteiger partial charge in [-0.15, -0.1) is 23.1 Å². The lowest BCUT2D eigenvalue weighted by molar-refractivity contribution is -0.173. The Labute approximate surface area is 247 Å². The van der Waals surface area contributed by atoms with Crippen molar-refractivity contribution in [2.45, 2.75) is 66.3 Å². The number of carbonyl (C=O) groups excluding carboxylic acids is 5. The van der Waals surface area contributed by atoms with Gasteiger partial charge in [-0.3, -0.25) is 24.1 Å². The maximum Gasteiger partial charge on any atom is 0.358 e. The summed E-state index contributed by atoms with van der Waals surface area (Å²) in [7, 11) is 0. The molecule has 3 rings (SSSR count). The Bertz CT molecular complexity index is 1290. The van der Waals surface area contributed by atoms with E-state index in [1.807, 2.05) is 6.92 Å². The molecule has 12 nitrogen and oxygen atoms in total. The third-order valence-corrected chi connectivity index (χ3v) is 7.97. The van der Waals surface area contributed by atoms with Gasteiger partial charge in [-0.05, 0) is 48.0 Å². The van der Waals surface area contributed by atoms with E-state index >= 15 is 0 Å². The average Bonchev–Trinajstić information content (AvgIpc) is 3.32. The largest absolute Gasteiger partial charge is 0.461 e. The average molecular weight is 609 g/mol. The zero-order chi connectivity index (χ0) is 30.7. The number of nitrogen functional groups attached to an aromatic ring is 1. The van der Waals surface area contributed by atoms with E-state index in [-0.39, 0.29) is 23.6 Å². The molecule has 0 aromatic carbocycles. The van der Waals surface area contributed by atoms with Gasteiger partial charge in [0, 0.05) is 16.7 Å². The molecule has 2 amide bonds. The monoisotopic (exact) mass is 608 g/mol. The Kier molecular flexibility index (Phi) is 9.90. The number of nitrogens with zero attached hydrogens (tertiary/aromatic N) is 2. The lowest BCUT2D eigenvalue weighted by Gasteiger charge is -2.49. The summed E-state index contributed by atoms with van der Waals surface area (Å²) in [5.74, 6) is -2.78. The first-order valence-electron chi connectivity index (χ1n) is 13.0. The molecule has 1 fully saturated rings. The molecule has 1 aromatic heterocycles. The molecular formula is C27H36N4O8S2. The van der Waals surface area contributed by atoms with E-state index in [2.05, 4.69) is 10.3 Å². The van der Waals surface area contributed by atoms with Crippen molar-refractivity contribution in [1.29, 1.82) is 0 Å². The van der Waals surface area contributed by atoms with Crippen molar-refractivity contribution in [3.05, 3.63) is 28.4 Å². The van der Waals surface area contributed by atoms with E-state index in [4.69, 9.17) is 19.9 Å². The number of anilines is 1. The summed E-state index contributed by atoms with van der Waals surface area (Å²) >= 11 is 2.50. The van der Waals surface area contributed by atoms with Gasteiger partial charge in [0.1, 0.15) is 23.7 Å². The van der Waals surface area contributed by atoms with E-state index in [0.29, 0.717) is 22.8 Å². The van der Waals surface area contributed by atoms with Gasteiger partial charge in [0.05, 0.1) is 22.1 Å². The van der Waals surface area contributed by atoms with Gasteiger partial charge in [-0.1, -0.05) is 13.0 Å². The molecule has 2 aliphatic rings. The third-order valence-electron chi connectivity index (χ3n) is 5.96. The van der Waals surface area contributed by atoms with Gasteiger partial charge < -0.3 is 25.3 Å². The number of allylic oxidation sites excluding steroid dienone is 1. The molecule has 1 aromatic rings. The van der Waals surface area contributed by atoms with Crippen LogP contribution in [0.4, 0.5) is 5.13 Å². The number of amides is 2. The van der Waals surface area contributed by atoms with Crippen molar-refractivity contribution < 1.29 is 38.2 Å². The predicted octanol–water partition coefficient (Wildman–Crippen LogP) is 2.85. The first kappa shape index (κ1) is 32.1. The number of hydrogen-bond donors (Lipinski definition) is 2. The SMILES string of the molecule is CC/C=C(\C(=O)N[C@@H]1C(=O)N2C(C(=O)OCOC(=O)C(C)(C)C)=C(COC(=O)C(C)(C)C)CS[C@H]12)c1csc(N)n1. The van der Waals surface area contributed by atoms with Crippen molar-refractivity contribution in [3.63, 3.8) is 0 Å². The van der Waals surface area contributed by atoms with Gasteiger partial charge in [-0.25, -0.2) is 9.78 Å². The molecule has 224 valence electrons. The number of thiazole rings is 1. The summed E-state index contributed by atoms with van der Waals surface area (Å²) < 4.78 is 15.7. The molecule has 0 bridgehead atoms. The van der Waals surface area contributed by atoms with Crippen LogP contribution in [0, 0.1) is 10.8 Å². The van der Waals surface area contributed by atoms with Gasteiger partial charge in [0.25, 0.3) is 11.8 Å². The first-order chi connectivity index (χ1) is 19.1. The van der Waals surface area contributed by atoms with Gasteiger partial charge >= 0.3 is 17.9 Å². The van der Waals surface area contributed by atoms with E-state index in [9.17, 15) is 24.0 Å². The fourth-order valence-corrected chi connectivity index (χ4v) is 5.61. The lowest BCUT2D eigenvalue weighted by atomic mass is 9.97. The summed E-state index contributed by atoms with van der Waals surface area (Å²) in [6, 6.07) is -0.927. The molecule has 41 heavy (non-hydrogen) atoms. The number of thioether (sulfide) groups is 1.